The molecule has 10 heteroatoms. The van der Waals surface area contributed by atoms with Gasteiger partial charge in [0, 0.05) is 17.9 Å². The summed E-state index contributed by atoms with van der Waals surface area (Å²) in [5.41, 5.74) is 0.290. The molecule has 27 heavy (non-hydrogen) atoms. The van der Waals surface area contributed by atoms with Gasteiger partial charge in [-0.2, -0.15) is 0 Å². The highest BCUT2D eigenvalue weighted by Crippen LogP contribution is 2.24. The molecule has 0 saturated heterocycles. The van der Waals surface area contributed by atoms with Crippen molar-refractivity contribution in [3.63, 3.8) is 0 Å². The zero-order valence-corrected chi connectivity index (χ0v) is 16.1. The Morgan fingerprint density at radius 1 is 1.33 bits per heavy atom. The lowest BCUT2D eigenvalue weighted by molar-refractivity contribution is -0.110. The van der Waals surface area contributed by atoms with Crippen LogP contribution in [0.25, 0.3) is 0 Å². The van der Waals surface area contributed by atoms with Crippen LogP contribution in [0.3, 0.4) is 0 Å². The van der Waals surface area contributed by atoms with Crippen molar-refractivity contribution in [3.8, 4) is 0 Å². The van der Waals surface area contributed by atoms with Crippen molar-refractivity contribution in [2.24, 2.45) is 5.16 Å². The van der Waals surface area contributed by atoms with Gasteiger partial charge >= 0.3 is 0 Å². The van der Waals surface area contributed by atoms with E-state index in [4.69, 9.17) is 21.0 Å². The summed E-state index contributed by atoms with van der Waals surface area (Å²) >= 11 is 6.10. The largest absolute Gasteiger partial charge is 0.392 e. The first-order chi connectivity index (χ1) is 12.8. The molecule has 0 atom stereocenters. The van der Waals surface area contributed by atoms with Crippen LogP contribution in [0.2, 0.25) is 5.02 Å². The number of carbonyl (C=O) groups is 1. The second-order valence-corrected chi connectivity index (χ2v) is 8.60. The highest BCUT2D eigenvalue weighted by molar-refractivity contribution is 7.90. The fourth-order valence-electron chi connectivity index (χ4n) is 2.75. The van der Waals surface area contributed by atoms with Gasteiger partial charge in [0.25, 0.3) is 5.91 Å². The maximum absolute atomic E-state index is 12.6. The van der Waals surface area contributed by atoms with E-state index in [9.17, 15) is 13.2 Å². The van der Waals surface area contributed by atoms with E-state index in [1.807, 2.05) is 0 Å². The molecule has 0 aliphatic heterocycles. The van der Waals surface area contributed by atoms with E-state index in [1.54, 1.807) is 0 Å². The van der Waals surface area contributed by atoms with Gasteiger partial charge in [0.15, 0.2) is 21.4 Å². The number of oxime groups is 1. The zero-order valence-electron chi connectivity index (χ0n) is 14.5. The lowest BCUT2D eigenvalue weighted by Crippen LogP contribution is -2.25. The third kappa shape index (κ3) is 4.86. The van der Waals surface area contributed by atoms with Crippen molar-refractivity contribution in [1.29, 1.82) is 0 Å². The molecule has 1 aliphatic rings. The van der Waals surface area contributed by atoms with Crippen LogP contribution in [0.4, 0.5) is 5.82 Å². The summed E-state index contributed by atoms with van der Waals surface area (Å²) in [5, 5.41) is 10.2. The van der Waals surface area contributed by atoms with Crippen LogP contribution in [-0.4, -0.2) is 37.6 Å². The Hall–Kier alpha value is -2.39. The molecule has 2 aromatic rings. The maximum atomic E-state index is 12.6. The molecule has 144 valence electrons. The maximum Gasteiger partial charge on any atom is 0.279 e. The van der Waals surface area contributed by atoms with Crippen molar-refractivity contribution in [3.05, 3.63) is 41.1 Å². The molecule has 3 rings (SSSR count). The minimum absolute atomic E-state index is 0.00203. The number of anilines is 1. The Morgan fingerprint density at radius 2 is 2.07 bits per heavy atom. The molecular weight excluding hydrogens is 394 g/mol. The molecule has 1 saturated carbocycles. The Labute approximate surface area is 161 Å². The van der Waals surface area contributed by atoms with E-state index in [2.05, 4.69) is 15.6 Å². The van der Waals surface area contributed by atoms with Crippen molar-refractivity contribution < 1.29 is 22.6 Å². The van der Waals surface area contributed by atoms with Gasteiger partial charge in [-0.15, -0.1) is 0 Å². The highest BCUT2D eigenvalue weighted by Gasteiger charge is 2.22. The quantitative estimate of drug-likeness (QED) is 0.577. The Morgan fingerprint density at radius 3 is 2.67 bits per heavy atom. The van der Waals surface area contributed by atoms with E-state index in [-0.39, 0.29) is 27.6 Å². The third-order valence-corrected chi connectivity index (χ3v) is 5.67. The molecule has 8 nitrogen and oxygen atoms in total. The molecule has 1 amide bonds. The predicted molar refractivity (Wildman–Crippen MR) is 99.6 cm³/mol. The van der Waals surface area contributed by atoms with Crippen LogP contribution >= 0.6 is 11.6 Å². The Bertz CT molecular complexity index is 951. The molecule has 1 aromatic heterocycles. The van der Waals surface area contributed by atoms with Crippen molar-refractivity contribution in [2.45, 2.75) is 36.7 Å². The number of hydrogen-bond donors (Lipinski definition) is 1. The summed E-state index contributed by atoms with van der Waals surface area (Å²) in [6, 6.07) is 5.65. The molecule has 0 radical (unpaired) electrons. The van der Waals surface area contributed by atoms with Crippen molar-refractivity contribution in [1.82, 2.24) is 5.16 Å². The number of rotatable bonds is 6. The number of nitrogens with zero attached hydrogens (tertiary/aromatic N) is 2. The van der Waals surface area contributed by atoms with Crippen molar-refractivity contribution in [2.75, 3.05) is 11.6 Å². The van der Waals surface area contributed by atoms with Gasteiger partial charge in [0.1, 0.15) is 12.4 Å². The molecule has 0 unspecified atom stereocenters. The first-order valence-corrected chi connectivity index (χ1v) is 10.6. The minimum atomic E-state index is -3.49. The highest BCUT2D eigenvalue weighted by atomic mass is 35.5. The van der Waals surface area contributed by atoms with Gasteiger partial charge in [-0.25, -0.2) is 8.42 Å². The lowest BCUT2D eigenvalue weighted by atomic mass is 10.1. The number of halogens is 1. The second-order valence-electron chi connectivity index (χ2n) is 6.21. The predicted octanol–water partition coefficient (Wildman–Crippen LogP) is 3.03. The molecule has 0 spiro atoms. The third-order valence-electron chi connectivity index (χ3n) is 4.09. The molecule has 1 heterocycles. The summed E-state index contributed by atoms with van der Waals surface area (Å²) in [6.45, 7) is 0. The number of sulfone groups is 1. The van der Waals surface area contributed by atoms with Gasteiger partial charge in [0.2, 0.25) is 0 Å². The molecule has 1 aliphatic carbocycles. The van der Waals surface area contributed by atoms with Crippen LogP contribution in [0.15, 0.2) is 45.1 Å². The minimum Gasteiger partial charge on any atom is -0.392 e. The number of aromatic nitrogens is 1. The van der Waals surface area contributed by atoms with E-state index in [0.717, 1.165) is 31.9 Å². The van der Waals surface area contributed by atoms with Crippen LogP contribution in [0.5, 0.6) is 0 Å². The van der Waals surface area contributed by atoms with Gasteiger partial charge in [-0.05, 0) is 37.8 Å². The zero-order chi connectivity index (χ0) is 19.4. The number of carbonyl (C=O) groups excluding carboxylic acids is 1. The fraction of sp³-hybridized carbons (Fsp3) is 0.353. The molecule has 1 N–H and O–H groups in total. The average molecular weight is 412 g/mol. The summed E-state index contributed by atoms with van der Waals surface area (Å²) in [5.74, 6) is -0.363. The average Bonchev–Trinajstić information content (AvgIpc) is 3.27. The summed E-state index contributed by atoms with van der Waals surface area (Å²) in [6.07, 6.45) is 6.17. The summed E-state index contributed by atoms with van der Waals surface area (Å²) in [4.78, 5) is 18.1. The normalized spacial score (nSPS) is 15.7. The molecule has 0 bridgehead atoms. The van der Waals surface area contributed by atoms with Gasteiger partial charge in [-0.1, -0.05) is 28.0 Å². The first kappa shape index (κ1) is 19.4. The lowest BCUT2D eigenvalue weighted by Gasteiger charge is -2.11. The second kappa shape index (κ2) is 8.10. The fourth-order valence-corrected chi connectivity index (χ4v) is 4.08. The van der Waals surface area contributed by atoms with Crippen LogP contribution in [-0.2, 0) is 19.5 Å². The van der Waals surface area contributed by atoms with E-state index in [1.165, 1.54) is 30.5 Å². The Kier molecular flexibility index (Phi) is 5.81. The molecule has 1 aromatic carbocycles. The topological polar surface area (TPSA) is 111 Å². The summed E-state index contributed by atoms with van der Waals surface area (Å²) in [7, 11) is -3.49. The van der Waals surface area contributed by atoms with E-state index in [0.29, 0.717) is 5.56 Å². The molecule has 1 fully saturated rings. The van der Waals surface area contributed by atoms with Crippen LogP contribution in [0, 0.1) is 0 Å². The summed E-state index contributed by atoms with van der Waals surface area (Å²) < 4.78 is 28.2. The number of hydrogen-bond acceptors (Lipinski definition) is 7. The molecular formula is C17H18ClN3O5S. The standard InChI is InChI=1S/C17H18ClN3O5S/c1-27(23,24)14-7-6-11(10-13(14)18)16(21-26-12-4-2-3-5-12)17(22)19-15-8-9-25-20-15/h6-10,12H,2-5H2,1H3,(H,19,20,22)/b21-16+. The Balaban J connectivity index is 1.91. The van der Waals surface area contributed by atoms with Crippen LogP contribution in [0.1, 0.15) is 31.2 Å². The SMILES string of the molecule is CS(=O)(=O)c1ccc(/C(=N\OC2CCCC2)C(=O)Nc2ccon2)cc1Cl. The van der Waals surface area contributed by atoms with Gasteiger partial charge in [-0.3, -0.25) is 4.79 Å². The van der Waals surface area contributed by atoms with Crippen molar-refractivity contribution >= 4 is 38.9 Å². The first-order valence-electron chi connectivity index (χ1n) is 8.30. The van der Waals surface area contributed by atoms with Gasteiger partial charge < -0.3 is 14.7 Å². The number of benzene rings is 1. The number of nitrogens with one attached hydrogen (secondary N) is 1. The van der Waals surface area contributed by atoms with Crippen LogP contribution < -0.4 is 5.32 Å². The smallest absolute Gasteiger partial charge is 0.279 e. The van der Waals surface area contributed by atoms with E-state index >= 15 is 0 Å². The monoisotopic (exact) mass is 411 g/mol. The van der Waals surface area contributed by atoms with E-state index < -0.39 is 15.7 Å². The number of amides is 1. The van der Waals surface area contributed by atoms with Gasteiger partial charge in [0.05, 0.1) is 9.92 Å².